The molecule has 88 valence electrons. The van der Waals surface area contributed by atoms with Crippen molar-refractivity contribution < 1.29 is 0 Å². The first-order valence-corrected chi connectivity index (χ1v) is 5.68. The van der Waals surface area contributed by atoms with Crippen LogP contribution in [0.4, 0.5) is 5.95 Å². The summed E-state index contributed by atoms with van der Waals surface area (Å²) in [5, 5.41) is 3.22. The zero-order valence-corrected chi connectivity index (χ0v) is 10.3. The molecule has 0 amide bonds. The summed E-state index contributed by atoms with van der Waals surface area (Å²) in [4.78, 5) is 4.30. The maximum absolute atomic E-state index is 4.30. The summed E-state index contributed by atoms with van der Waals surface area (Å²) in [6.45, 7) is 8.65. The second-order valence-corrected chi connectivity index (χ2v) is 4.01. The molecule has 17 heavy (non-hydrogen) atoms. The molecule has 3 heteroatoms. The molecule has 0 aliphatic carbocycles. The Morgan fingerprint density at radius 2 is 2.24 bits per heavy atom. The minimum absolute atomic E-state index is 0.710. The summed E-state index contributed by atoms with van der Waals surface area (Å²) in [5.74, 6) is 0.846. The van der Waals surface area contributed by atoms with Crippen LogP contribution in [0, 0.1) is 13.8 Å². The maximum Gasteiger partial charge on any atom is 0.207 e. The van der Waals surface area contributed by atoms with E-state index in [1.54, 1.807) is 6.20 Å². The fourth-order valence-corrected chi connectivity index (χ4v) is 1.79. The van der Waals surface area contributed by atoms with Crippen molar-refractivity contribution >= 4 is 5.95 Å². The molecule has 1 heterocycles. The zero-order valence-electron chi connectivity index (χ0n) is 10.3. The minimum atomic E-state index is 0.710. The molecule has 0 atom stereocenters. The van der Waals surface area contributed by atoms with Crippen LogP contribution < -0.4 is 5.32 Å². The molecule has 0 radical (unpaired) electrons. The second kappa shape index (κ2) is 4.87. The van der Waals surface area contributed by atoms with Gasteiger partial charge in [-0.05, 0) is 31.0 Å². The van der Waals surface area contributed by atoms with Gasteiger partial charge in [0.05, 0.1) is 5.69 Å². The lowest BCUT2D eigenvalue weighted by Gasteiger charge is -2.12. The Kier molecular flexibility index (Phi) is 3.28. The molecule has 0 bridgehead atoms. The van der Waals surface area contributed by atoms with E-state index in [0.717, 1.165) is 11.6 Å². The Morgan fingerprint density at radius 1 is 1.41 bits per heavy atom. The van der Waals surface area contributed by atoms with Gasteiger partial charge in [0.25, 0.3) is 0 Å². The van der Waals surface area contributed by atoms with E-state index in [1.807, 2.05) is 12.3 Å². The zero-order chi connectivity index (χ0) is 12.3. The predicted molar refractivity (Wildman–Crippen MR) is 71.7 cm³/mol. The van der Waals surface area contributed by atoms with E-state index >= 15 is 0 Å². The summed E-state index contributed by atoms with van der Waals surface area (Å²) in [7, 11) is 0. The molecule has 0 spiro atoms. The first-order valence-electron chi connectivity index (χ1n) is 5.68. The Bertz CT molecular complexity index is 526. The van der Waals surface area contributed by atoms with Crippen molar-refractivity contribution in [2.75, 3.05) is 11.9 Å². The van der Waals surface area contributed by atoms with E-state index in [4.69, 9.17) is 0 Å². The molecule has 0 saturated heterocycles. The monoisotopic (exact) mass is 227 g/mol. The topological polar surface area (TPSA) is 29.9 Å². The van der Waals surface area contributed by atoms with Crippen LogP contribution in [-0.4, -0.2) is 16.1 Å². The number of hydrogen-bond donors (Lipinski definition) is 1. The largest absolute Gasteiger partial charge is 0.352 e. The Labute approximate surface area is 102 Å². The first kappa shape index (κ1) is 11.5. The SMILES string of the molecule is C=CCNc1nccn1-c1cccc(C)c1C. The van der Waals surface area contributed by atoms with Gasteiger partial charge in [0, 0.05) is 18.9 Å². The van der Waals surface area contributed by atoms with E-state index < -0.39 is 0 Å². The van der Waals surface area contributed by atoms with Crippen molar-refractivity contribution in [2.45, 2.75) is 13.8 Å². The van der Waals surface area contributed by atoms with Crippen LogP contribution in [-0.2, 0) is 0 Å². The number of hydrogen-bond acceptors (Lipinski definition) is 2. The Balaban J connectivity index is 2.42. The molecule has 0 fully saturated rings. The van der Waals surface area contributed by atoms with Crippen molar-refractivity contribution in [3.63, 3.8) is 0 Å². The molecular weight excluding hydrogens is 210 g/mol. The van der Waals surface area contributed by atoms with Crippen LogP contribution in [0.2, 0.25) is 0 Å². The van der Waals surface area contributed by atoms with Crippen molar-refractivity contribution in [1.82, 2.24) is 9.55 Å². The van der Waals surface area contributed by atoms with E-state index in [0.29, 0.717) is 6.54 Å². The quantitative estimate of drug-likeness (QED) is 0.813. The van der Waals surface area contributed by atoms with Gasteiger partial charge < -0.3 is 5.32 Å². The van der Waals surface area contributed by atoms with Crippen LogP contribution >= 0.6 is 0 Å². The highest BCUT2D eigenvalue weighted by Gasteiger charge is 2.07. The van der Waals surface area contributed by atoms with Crippen molar-refractivity contribution in [1.29, 1.82) is 0 Å². The van der Waals surface area contributed by atoms with Gasteiger partial charge in [-0.3, -0.25) is 4.57 Å². The fraction of sp³-hybridized carbons (Fsp3) is 0.214. The first-order chi connectivity index (χ1) is 8.24. The van der Waals surface area contributed by atoms with Crippen LogP contribution in [0.15, 0.2) is 43.2 Å². The lowest BCUT2D eigenvalue weighted by molar-refractivity contribution is 1.02. The number of benzene rings is 1. The molecule has 2 aromatic rings. The number of aryl methyl sites for hydroxylation is 1. The summed E-state index contributed by atoms with van der Waals surface area (Å²) >= 11 is 0. The number of nitrogens with zero attached hydrogens (tertiary/aromatic N) is 2. The van der Waals surface area contributed by atoms with Crippen molar-refractivity contribution in [2.24, 2.45) is 0 Å². The molecule has 2 rings (SSSR count). The highest BCUT2D eigenvalue weighted by atomic mass is 15.2. The Morgan fingerprint density at radius 3 is 3.00 bits per heavy atom. The van der Waals surface area contributed by atoms with Crippen LogP contribution in [0.5, 0.6) is 0 Å². The predicted octanol–water partition coefficient (Wildman–Crippen LogP) is 3.09. The number of nitrogens with one attached hydrogen (secondary N) is 1. The minimum Gasteiger partial charge on any atom is -0.352 e. The van der Waals surface area contributed by atoms with Gasteiger partial charge in [0.15, 0.2) is 0 Å². The van der Waals surface area contributed by atoms with Gasteiger partial charge >= 0.3 is 0 Å². The highest BCUT2D eigenvalue weighted by molar-refractivity contribution is 5.49. The normalized spacial score (nSPS) is 10.2. The van der Waals surface area contributed by atoms with Crippen LogP contribution in [0.25, 0.3) is 5.69 Å². The van der Waals surface area contributed by atoms with Gasteiger partial charge in [-0.15, -0.1) is 6.58 Å². The fourth-order valence-electron chi connectivity index (χ4n) is 1.79. The molecule has 0 aliphatic heterocycles. The summed E-state index contributed by atoms with van der Waals surface area (Å²) in [5.41, 5.74) is 3.71. The van der Waals surface area contributed by atoms with E-state index in [9.17, 15) is 0 Å². The van der Waals surface area contributed by atoms with Gasteiger partial charge in [0.2, 0.25) is 5.95 Å². The smallest absolute Gasteiger partial charge is 0.207 e. The number of aromatic nitrogens is 2. The van der Waals surface area contributed by atoms with E-state index in [1.165, 1.54) is 11.1 Å². The van der Waals surface area contributed by atoms with E-state index in [2.05, 4.69) is 53.5 Å². The maximum atomic E-state index is 4.30. The van der Waals surface area contributed by atoms with Crippen molar-refractivity contribution in [3.8, 4) is 5.69 Å². The molecule has 1 N–H and O–H groups in total. The molecule has 1 aromatic carbocycles. The molecule has 1 aromatic heterocycles. The molecule has 3 nitrogen and oxygen atoms in total. The molecule has 0 unspecified atom stereocenters. The molecular formula is C14H17N3. The third kappa shape index (κ3) is 2.23. The van der Waals surface area contributed by atoms with Gasteiger partial charge in [-0.25, -0.2) is 4.98 Å². The highest BCUT2D eigenvalue weighted by Crippen LogP contribution is 2.20. The van der Waals surface area contributed by atoms with Crippen molar-refractivity contribution in [3.05, 3.63) is 54.4 Å². The third-order valence-electron chi connectivity index (χ3n) is 2.88. The van der Waals surface area contributed by atoms with E-state index in [-0.39, 0.29) is 0 Å². The number of anilines is 1. The molecule has 0 aliphatic rings. The second-order valence-electron chi connectivity index (χ2n) is 4.01. The summed E-state index contributed by atoms with van der Waals surface area (Å²) in [6.07, 6.45) is 5.59. The average molecular weight is 227 g/mol. The standard InChI is InChI=1S/C14H17N3/c1-4-8-15-14-16-9-10-17(14)13-7-5-6-11(2)12(13)3/h4-7,9-10H,1,8H2,2-3H3,(H,15,16). The Hall–Kier alpha value is -2.03. The lowest BCUT2D eigenvalue weighted by Crippen LogP contribution is -2.06. The number of rotatable bonds is 4. The summed E-state index contributed by atoms with van der Waals surface area (Å²) < 4.78 is 2.06. The van der Waals surface area contributed by atoms with Gasteiger partial charge in [0.1, 0.15) is 0 Å². The van der Waals surface area contributed by atoms with Crippen LogP contribution in [0.3, 0.4) is 0 Å². The van der Waals surface area contributed by atoms with Crippen LogP contribution in [0.1, 0.15) is 11.1 Å². The summed E-state index contributed by atoms with van der Waals surface area (Å²) in [6, 6.07) is 6.28. The number of imidazole rings is 1. The lowest BCUT2D eigenvalue weighted by atomic mass is 10.1. The third-order valence-corrected chi connectivity index (χ3v) is 2.88. The molecule has 0 saturated carbocycles. The van der Waals surface area contributed by atoms with Gasteiger partial charge in [-0.1, -0.05) is 18.2 Å². The average Bonchev–Trinajstić information content (AvgIpc) is 2.78. The van der Waals surface area contributed by atoms with Gasteiger partial charge in [-0.2, -0.15) is 0 Å².